The Morgan fingerprint density at radius 2 is 1.89 bits per heavy atom. The average Bonchev–Trinajstić information content (AvgIpc) is 3.14. The molecule has 7 nitrogen and oxygen atoms in total. The number of rotatable bonds is 6. The van der Waals surface area contributed by atoms with Crippen LogP contribution in [0.2, 0.25) is 0 Å². The second-order valence-corrected chi connectivity index (χ2v) is 7.00. The molecular formula is C20H23FN6O. The summed E-state index contributed by atoms with van der Waals surface area (Å²) in [6.45, 7) is 2.99. The van der Waals surface area contributed by atoms with Crippen molar-refractivity contribution in [2.45, 2.75) is 32.2 Å². The van der Waals surface area contributed by atoms with E-state index in [0.717, 1.165) is 35.5 Å². The van der Waals surface area contributed by atoms with Gasteiger partial charge < -0.3 is 10.2 Å². The minimum Gasteiger partial charge on any atom is -0.356 e. The molecule has 0 radical (unpaired) electrons. The van der Waals surface area contributed by atoms with E-state index in [1.54, 1.807) is 29.3 Å². The van der Waals surface area contributed by atoms with E-state index in [1.165, 1.54) is 31.4 Å². The lowest BCUT2D eigenvalue weighted by atomic mass is 10.1. The van der Waals surface area contributed by atoms with Crippen molar-refractivity contribution in [1.82, 2.24) is 25.1 Å². The van der Waals surface area contributed by atoms with Crippen LogP contribution in [0.15, 0.2) is 36.8 Å². The normalized spacial score (nSPS) is 14.4. The van der Waals surface area contributed by atoms with E-state index in [1.807, 2.05) is 0 Å². The van der Waals surface area contributed by atoms with Crippen LogP contribution in [0.4, 0.5) is 10.2 Å². The number of anilines is 1. The van der Waals surface area contributed by atoms with E-state index < -0.39 is 0 Å². The molecule has 2 aromatic heterocycles. The lowest BCUT2D eigenvalue weighted by Crippen LogP contribution is -2.30. The van der Waals surface area contributed by atoms with Gasteiger partial charge in [0.1, 0.15) is 18.0 Å². The molecule has 3 aromatic rings. The first-order valence-electron chi connectivity index (χ1n) is 9.63. The second-order valence-electron chi connectivity index (χ2n) is 7.00. The SMILES string of the molecule is O=C(Cc1ccc(F)cc1)NCCn1ncc2c(N3CCCCC3)ncnc21. The zero-order valence-electron chi connectivity index (χ0n) is 15.6. The highest BCUT2D eigenvalue weighted by atomic mass is 19.1. The lowest BCUT2D eigenvalue weighted by molar-refractivity contribution is -0.120. The maximum Gasteiger partial charge on any atom is 0.224 e. The first-order chi connectivity index (χ1) is 13.7. The molecule has 4 rings (SSSR count). The third kappa shape index (κ3) is 4.11. The minimum absolute atomic E-state index is 0.105. The topological polar surface area (TPSA) is 75.9 Å². The number of halogens is 1. The predicted octanol–water partition coefficient (Wildman–Crippen LogP) is 2.31. The van der Waals surface area contributed by atoms with Crippen molar-refractivity contribution in [2.24, 2.45) is 0 Å². The molecule has 1 fully saturated rings. The van der Waals surface area contributed by atoms with Crippen molar-refractivity contribution < 1.29 is 9.18 Å². The fourth-order valence-corrected chi connectivity index (χ4v) is 3.55. The second kappa shape index (κ2) is 8.33. The summed E-state index contributed by atoms with van der Waals surface area (Å²) in [5.41, 5.74) is 1.56. The number of nitrogens with zero attached hydrogens (tertiary/aromatic N) is 5. The number of nitrogens with one attached hydrogen (secondary N) is 1. The Labute approximate surface area is 162 Å². The van der Waals surface area contributed by atoms with Gasteiger partial charge in [-0.15, -0.1) is 0 Å². The smallest absolute Gasteiger partial charge is 0.224 e. The van der Waals surface area contributed by atoms with E-state index in [-0.39, 0.29) is 18.1 Å². The quantitative estimate of drug-likeness (QED) is 0.708. The molecule has 28 heavy (non-hydrogen) atoms. The van der Waals surface area contributed by atoms with Gasteiger partial charge in [0.2, 0.25) is 5.91 Å². The molecule has 0 saturated carbocycles. The molecule has 0 aliphatic carbocycles. The van der Waals surface area contributed by atoms with Gasteiger partial charge in [-0.05, 0) is 37.0 Å². The largest absolute Gasteiger partial charge is 0.356 e. The van der Waals surface area contributed by atoms with Crippen molar-refractivity contribution in [3.63, 3.8) is 0 Å². The number of hydrogen-bond acceptors (Lipinski definition) is 5. The Bertz CT molecular complexity index is 949. The summed E-state index contributed by atoms with van der Waals surface area (Å²) >= 11 is 0. The summed E-state index contributed by atoms with van der Waals surface area (Å²) in [6, 6.07) is 5.96. The van der Waals surface area contributed by atoms with Crippen LogP contribution in [0.3, 0.4) is 0 Å². The van der Waals surface area contributed by atoms with Crippen LogP contribution in [0.1, 0.15) is 24.8 Å². The van der Waals surface area contributed by atoms with Crippen molar-refractivity contribution in [2.75, 3.05) is 24.5 Å². The summed E-state index contributed by atoms with van der Waals surface area (Å²) in [5, 5.41) is 8.26. The molecule has 146 valence electrons. The van der Waals surface area contributed by atoms with Crippen molar-refractivity contribution >= 4 is 22.8 Å². The van der Waals surface area contributed by atoms with Gasteiger partial charge in [0.15, 0.2) is 5.65 Å². The monoisotopic (exact) mass is 382 g/mol. The molecule has 1 aromatic carbocycles. The minimum atomic E-state index is -0.305. The van der Waals surface area contributed by atoms with Crippen LogP contribution in [-0.2, 0) is 17.8 Å². The maximum atomic E-state index is 12.9. The Hall–Kier alpha value is -3.03. The molecule has 1 aliphatic rings. The van der Waals surface area contributed by atoms with Crippen LogP contribution in [-0.4, -0.2) is 45.3 Å². The summed E-state index contributed by atoms with van der Waals surface area (Å²) in [5.74, 6) is 0.531. The highest BCUT2D eigenvalue weighted by Crippen LogP contribution is 2.25. The summed E-state index contributed by atoms with van der Waals surface area (Å²) < 4.78 is 14.7. The number of fused-ring (bicyclic) bond motifs is 1. The lowest BCUT2D eigenvalue weighted by Gasteiger charge is -2.27. The number of aromatic nitrogens is 4. The highest BCUT2D eigenvalue weighted by Gasteiger charge is 2.17. The maximum absolute atomic E-state index is 12.9. The first-order valence-corrected chi connectivity index (χ1v) is 9.63. The van der Waals surface area contributed by atoms with Crippen LogP contribution in [0.5, 0.6) is 0 Å². The van der Waals surface area contributed by atoms with E-state index in [9.17, 15) is 9.18 Å². The third-order valence-electron chi connectivity index (χ3n) is 4.99. The molecule has 0 atom stereocenters. The van der Waals surface area contributed by atoms with E-state index in [0.29, 0.717) is 13.1 Å². The fraction of sp³-hybridized carbons (Fsp3) is 0.400. The fourth-order valence-electron chi connectivity index (χ4n) is 3.55. The Morgan fingerprint density at radius 1 is 1.11 bits per heavy atom. The zero-order valence-corrected chi connectivity index (χ0v) is 15.6. The summed E-state index contributed by atoms with van der Waals surface area (Å²) in [6.07, 6.45) is 7.24. The Balaban J connectivity index is 1.37. The van der Waals surface area contributed by atoms with Gasteiger partial charge in [-0.1, -0.05) is 12.1 Å². The average molecular weight is 382 g/mol. The molecule has 1 saturated heterocycles. The molecule has 3 heterocycles. The number of piperidine rings is 1. The van der Waals surface area contributed by atoms with Crippen LogP contribution >= 0.6 is 0 Å². The molecule has 1 N–H and O–H groups in total. The van der Waals surface area contributed by atoms with Crippen LogP contribution < -0.4 is 10.2 Å². The van der Waals surface area contributed by atoms with Gasteiger partial charge in [0.25, 0.3) is 0 Å². The zero-order chi connectivity index (χ0) is 19.3. The number of carbonyl (C=O) groups excluding carboxylic acids is 1. The highest BCUT2D eigenvalue weighted by molar-refractivity contribution is 5.86. The van der Waals surface area contributed by atoms with Crippen molar-refractivity contribution in [1.29, 1.82) is 0 Å². The van der Waals surface area contributed by atoms with Gasteiger partial charge in [0.05, 0.1) is 24.5 Å². The molecule has 0 unspecified atom stereocenters. The van der Waals surface area contributed by atoms with Crippen LogP contribution in [0.25, 0.3) is 11.0 Å². The molecule has 0 bridgehead atoms. The number of amides is 1. The molecule has 0 spiro atoms. The summed E-state index contributed by atoms with van der Waals surface area (Å²) in [7, 11) is 0. The standard InChI is InChI=1S/C20H23FN6O/c21-16-6-4-15(5-7-16)12-18(28)22-8-11-27-20-17(13-25-27)19(23-14-24-20)26-9-2-1-3-10-26/h4-7,13-14H,1-3,8-12H2,(H,22,28). The van der Waals surface area contributed by atoms with Gasteiger partial charge >= 0.3 is 0 Å². The van der Waals surface area contributed by atoms with Gasteiger partial charge in [0, 0.05) is 19.6 Å². The first kappa shape index (κ1) is 18.3. The van der Waals surface area contributed by atoms with E-state index in [4.69, 9.17) is 0 Å². The number of carbonyl (C=O) groups is 1. The van der Waals surface area contributed by atoms with Crippen molar-refractivity contribution in [3.05, 3.63) is 48.2 Å². The van der Waals surface area contributed by atoms with E-state index >= 15 is 0 Å². The van der Waals surface area contributed by atoms with Crippen molar-refractivity contribution in [3.8, 4) is 0 Å². The van der Waals surface area contributed by atoms with Gasteiger partial charge in [-0.25, -0.2) is 19.0 Å². The Morgan fingerprint density at radius 3 is 2.68 bits per heavy atom. The predicted molar refractivity (Wildman–Crippen MR) is 105 cm³/mol. The summed E-state index contributed by atoms with van der Waals surface area (Å²) in [4.78, 5) is 23.2. The molecule has 1 aliphatic heterocycles. The van der Waals surface area contributed by atoms with Crippen LogP contribution in [0, 0.1) is 5.82 Å². The Kier molecular flexibility index (Phi) is 5.45. The molecular weight excluding hydrogens is 359 g/mol. The van der Waals surface area contributed by atoms with Gasteiger partial charge in [-0.3, -0.25) is 4.79 Å². The number of hydrogen-bond donors (Lipinski definition) is 1. The van der Waals surface area contributed by atoms with E-state index in [2.05, 4.69) is 25.3 Å². The number of benzene rings is 1. The molecule has 1 amide bonds. The molecule has 8 heteroatoms. The third-order valence-corrected chi connectivity index (χ3v) is 4.99. The van der Waals surface area contributed by atoms with Gasteiger partial charge in [-0.2, -0.15) is 5.10 Å².